The maximum atomic E-state index is 4.71. The molecule has 0 aromatic carbocycles. The zero-order valence-corrected chi connectivity index (χ0v) is 12.5. The summed E-state index contributed by atoms with van der Waals surface area (Å²) in [6.45, 7) is 8.69. The number of hydrogen-bond acceptors (Lipinski definition) is 3. The summed E-state index contributed by atoms with van der Waals surface area (Å²) >= 11 is 1.78. The van der Waals surface area contributed by atoms with Gasteiger partial charge in [-0.05, 0) is 31.7 Å². The van der Waals surface area contributed by atoms with E-state index in [1.54, 1.807) is 11.3 Å². The summed E-state index contributed by atoms with van der Waals surface area (Å²) in [6, 6.07) is 0. The molecule has 1 aromatic heterocycles. The van der Waals surface area contributed by atoms with Crippen molar-refractivity contribution in [1.82, 2.24) is 10.3 Å². The van der Waals surface area contributed by atoms with Crippen LogP contribution in [0.2, 0.25) is 0 Å². The first-order valence-corrected chi connectivity index (χ1v) is 7.74. The van der Waals surface area contributed by atoms with Crippen LogP contribution in [-0.4, -0.2) is 11.5 Å². The van der Waals surface area contributed by atoms with Gasteiger partial charge in [-0.15, -0.1) is 11.3 Å². The Labute approximate surface area is 115 Å². The molecule has 2 nitrogen and oxygen atoms in total. The van der Waals surface area contributed by atoms with E-state index in [-0.39, 0.29) is 5.41 Å². The smallest absolute Gasteiger partial charge is 0.0982 e. The second-order valence-corrected chi connectivity index (χ2v) is 7.03. The van der Waals surface area contributed by atoms with E-state index in [2.05, 4.69) is 43.6 Å². The van der Waals surface area contributed by atoms with Crippen molar-refractivity contribution < 1.29 is 0 Å². The number of allylic oxidation sites excluding steroid dienone is 2. The maximum absolute atomic E-state index is 4.71. The molecule has 2 rings (SSSR count). The van der Waals surface area contributed by atoms with Gasteiger partial charge in [0.25, 0.3) is 0 Å². The van der Waals surface area contributed by atoms with Crippen molar-refractivity contribution in [2.75, 3.05) is 6.54 Å². The van der Waals surface area contributed by atoms with Crippen LogP contribution < -0.4 is 5.32 Å². The molecule has 0 aliphatic heterocycles. The molecular formula is C15H24N2S. The molecule has 1 aromatic rings. The number of nitrogens with one attached hydrogen (secondary N) is 1. The van der Waals surface area contributed by atoms with Gasteiger partial charge in [-0.25, -0.2) is 4.98 Å². The summed E-state index contributed by atoms with van der Waals surface area (Å²) in [5.74, 6) is 0.815. The highest BCUT2D eigenvalue weighted by molar-refractivity contribution is 7.09. The number of rotatable bonds is 4. The Morgan fingerprint density at radius 3 is 2.83 bits per heavy atom. The summed E-state index contributed by atoms with van der Waals surface area (Å²) in [7, 11) is 0. The highest BCUT2D eigenvalue weighted by Gasteiger charge is 2.17. The molecule has 0 spiro atoms. The molecular weight excluding hydrogens is 240 g/mol. The molecule has 0 radical (unpaired) electrons. The van der Waals surface area contributed by atoms with Gasteiger partial charge in [-0.1, -0.05) is 32.9 Å². The van der Waals surface area contributed by atoms with Crippen molar-refractivity contribution in [1.29, 1.82) is 0 Å². The first-order valence-electron chi connectivity index (χ1n) is 6.86. The van der Waals surface area contributed by atoms with E-state index in [4.69, 9.17) is 4.98 Å². The molecule has 0 saturated heterocycles. The molecule has 1 aliphatic rings. The molecule has 1 aliphatic carbocycles. The van der Waals surface area contributed by atoms with Crippen LogP contribution in [-0.2, 0) is 12.0 Å². The van der Waals surface area contributed by atoms with E-state index in [0.29, 0.717) is 0 Å². The second kappa shape index (κ2) is 5.98. The van der Waals surface area contributed by atoms with Gasteiger partial charge in [0.1, 0.15) is 0 Å². The average Bonchev–Trinajstić information content (AvgIpc) is 2.79. The van der Waals surface area contributed by atoms with E-state index >= 15 is 0 Å². The van der Waals surface area contributed by atoms with Crippen LogP contribution in [0.15, 0.2) is 17.5 Å². The van der Waals surface area contributed by atoms with Gasteiger partial charge in [0.2, 0.25) is 0 Å². The average molecular weight is 264 g/mol. The molecule has 0 fully saturated rings. The van der Waals surface area contributed by atoms with Crippen molar-refractivity contribution in [3.8, 4) is 0 Å². The Hall–Kier alpha value is -0.670. The highest BCUT2D eigenvalue weighted by Crippen LogP contribution is 2.25. The summed E-state index contributed by atoms with van der Waals surface area (Å²) in [5.41, 5.74) is 1.37. The molecule has 18 heavy (non-hydrogen) atoms. The van der Waals surface area contributed by atoms with Gasteiger partial charge < -0.3 is 5.32 Å². The Morgan fingerprint density at radius 2 is 2.22 bits per heavy atom. The zero-order chi connectivity index (χ0) is 13.0. The first kappa shape index (κ1) is 13.8. The van der Waals surface area contributed by atoms with Crippen LogP contribution >= 0.6 is 11.3 Å². The predicted molar refractivity (Wildman–Crippen MR) is 79.0 cm³/mol. The van der Waals surface area contributed by atoms with Gasteiger partial charge in [-0.3, -0.25) is 0 Å². The molecule has 1 unspecified atom stereocenters. The van der Waals surface area contributed by atoms with Crippen LogP contribution in [0.4, 0.5) is 0 Å². The topological polar surface area (TPSA) is 24.9 Å². The Balaban J connectivity index is 1.76. The fourth-order valence-electron chi connectivity index (χ4n) is 2.18. The highest BCUT2D eigenvalue weighted by atomic mass is 32.1. The van der Waals surface area contributed by atoms with Gasteiger partial charge in [-0.2, -0.15) is 0 Å². The summed E-state index contributed by atoms with van der Waals surface area (Å²) in [5, 5.41) is 6.97. The quantitative estimate of drug-likeness (QED) is 0.835. The minimum absolute atomic E-state index is 0.178. The van der Waals surface area contributed by atoms with Gasteiger partial charge in [0, 0.05) is 17.3 Å². The van der Waals surface area contributed by atoms with Crippen LogP contribution in [0, 0.1) is 5.92 Å². The van der Waals surface area contributed by atoms with Crippen LogP contribution in [0.25, 0.3) is 0 Å². The zero-order valence-electron chi connectivity index (χ0n) is 11.7. The second-order valence-electron chi connectivity index (χ2n) is 6.18. The number of nitrogens with zero attached hydrogens (tertiary/aromatic N) is 1. The third kappa shape index (κ3) is 3.92. The van der Waals surface area contributed by atoms with Crippen molar-refractivity contribution in [3.05, 3.63) is 28.2 Å². The standard InChI is InChI=1S/C15H24N2S/c1-15(2,3)14-17-13(11-18-14)10-16-9-12-7-5-4-6-8-12/h4-5,11-12,16H,6-10H2,1-3H3. The lowest BCUT2D eigenvalue weighted by Gasteiger charge is -2.17. The van der Waals surface area contributed by atoms with Crippen LogP contribution in [0.3, 0.4) is 0 Å². The normalized spacial score (nSPS) is 20.3. The van der Waals surface area contributed by atoms with Gasteiger partial charge in [0.15, 0.2) is 0 Å². The number of hydrogen-bond donors (Lipinski definition) is 1. The predicted octanol–water partition coefficient (Wildman–Crippen LogP) is 3.89. The van der Waals surface area contributed by atoms with Crippen molar-refractivity contribution in [2.24, 2.45) is 5.92 Å². The van der Waals surface area contributed by atoms with Crippen molar-refractivity contribution >= 4 is 11.3 Å². The first-order chi connectivity index (χ1) is 8.55. The maximum Gasteiger partial charge on any atom is 0.0982 e. The third-order valence-corrected chi connectivity index (χ3v) is 4.63. The molecule has 100 valence electrons. The van der Waals surface area contributed by atoms with E-state index in [9.17, 15) is 0 Å². The van der Waals surface area contributed by atoms with Gasteiger partial charge >= 0.3 is 0 Å². The lowest BCUT2D eigenvalue weighted by atomic mass is 9.94. The SMILES string of the molecule is CC(C)(C)c1nc(CNCC2CC=CCC2)cs1. The summed E-state index contributed by atoms with van der Waals surface area (Å²) in [6.07, 6.45) is 8.42. The van der Waals surface area contributed by atoms with E-state index in [1.807, 2.05) is 0 Å². The molecule has 1 atom stereocenters. The Bertz CT molecular complexity index is 401. The number of aromatic nitrogens is 1. The molecule has 3 heteroatoms. The molecule has 1 heterocycles. The van der Waals surface area contributed by atoms with E-state index < -0.39 is 0 Å². The molecule has 1 N–H and O–H groups in total. The molecule has 0 bridgehead atoms. The minimum atomic E-state index is 0.178. The fraction of sp³-hybridized carbons (Fsp3) is 0.667. The van der Waals surface area contributed by atoms with E-state index in [1.165, 1.54) is 30.0 Å². The fourth-order valence-corrected chi connectivity index (χ4v) is 3.09. The lowest BCUT2D eigenvalue weighted by molar-refractivity contribution is 0.439. The third-order valence-electron chi connectivity index (χ3n) is 3.31. The number of thiazole rings is 1. The van der Waals surface area contributed by atoms with Crippen molar-refractivity contribution in [2.45, 2.75) is 52.0 Å². The van der Waals surface area contributed by atoms with Crippen molar-refractivity contribution in [3.63, 3.8) is 0 Å². The largest absolute Gasteiger partial charge is 0.311 e. The minimum Gasteiger partial charge on any atom is -0.311 e. The van der Waals surface area contributed by atoms with Crippen LogP contribution in [0.5, 0.6) is 0 Å². The Morgan fingerprint density at radius 1 is 1.39 bits per heavy atom. The van der Waals surface area contributed by atoms with Gasteiger partial charge in [0.05, 0.1) is 10.7 Å². The molecule has 0 saturated carbocycles. The van der Waals surface area contributed by atoms with Crippen LogP contribution in [0.1, 0.15) is 50.7 Å². The van der Waals surface area contributed by atoms with E-state index in [0.717, 1.165) is 19.0 Å². The summed E-state index contributed by atoms with van der Waals surface area (Å²) < 4.78 is 0. The Kier molecular flexibility index (Phi) is 4.57. The monoisotopic (exact) mass is 264 g/mol. The summed E-state index contributed by atoms with van der Waals surface area (Å²) in [4.78, 5) is 4.71. The molecule has 0 amide bonds. The lowest BCUT2D eigenvalue weighted by Crippen LogP contribution is -2.23.